The number of benzene rings is 1. The highest BCUT2D eigenvalue weighted by Crippen LogP contribution is 2.32. The topological polar surface area (TPSA) is 84.7 Å². The number of amides is 1. The fourth-order valence-electron chi connectivity index (χ4n) is 4.20. The van der Waals surface area contributed by atoms with Gasteiger partial charge >= 0.3 is 0 Å². The molecule has 2 aromatic heterocycles. The molecule has 0 atom stereocenters. The van der Waals surface area contributed by atoms with E-state index in [0.717, 1.165) is 35.6 Å². The van der Waals surface area contributed by atoms with Gasteiger partial charge in [-0.25, -0.2) is 4.98 Å². The lowest BCUT2D eigenvalue weighted by Crippen LogP contribution is -2.14. The van der Waals surface area contributed by atoms with E-state index in [2.05, 4.69) is 25.4 Å². The van der Waals surface area contributed by atoms with Gasteiger partial charge in [-0.1, -0.05) is 37.5 Å². The molecule has 1 saturated carbocycles. The number of rotatable bonds is 4. The zero-order chi connectivity index (χ0) is 18.9. The van der Waals surface area contributed by atoms with Gasteiger partial charge in [0.05, 0.1) is 11.3 Å². The van der Waals surface area contributed by atoms with Crippen molar-refractivity contribution < 1.29 is 4.79 Å². The van der Waals surface area contributed by atoms with Crippen molar-refractivity contribution >= 4 is 17.4 Å². The fraction of sp³-hybridized carbons (Fsp3) is 0.333. The van der Waals surface area contributed by atoms with Crippen LogP contribution in [0.1, 0.15) is 54.1 Å². The molecule has 0 radical (unpaired) electrons. The molecule has 1 aliphatic heterocycles. The Kier molecular flexibility index (Phi) is 4.27. The molecule has 5 rings (SSSR count). The summed E-state index contributed by atoms with van der Waals surface area (Å²) in [5.41, 5.74) is 3.25. The molecule has 0 bridgehead atoms. The number of anilines is 2. The fourth-order valence-corrected chi connectivity index (χ4v) is 4.20. The SMILES string of the molecule is O=C1NCc2cccc(Nc3cccc(-c4nncn4C4CCCCC4)n3)c21. The molecule has 7 heteroatoms. The molecule has 7 nitrogen and oxygen atoms in total. The Morgan fingerprint density at radius 1 is 1.07 bits per heavy atom. The minimum Gasteiger partial charge on any atom is -0.348 e. The predicted octanol–water partition coefficient (Wildman–Crippen LogP) is 3.83. The smallest absolute Gasteiger partial charge is 0.254 e. The van der Waals surface area contributed by atoms with E-state index >= 15 is 0 Å². The third-order valence-electron chi connectivity index (χ3n) is 5.60. The zero-order valence-corrected chi connectivity index (χ0v) is 15.6. The van der Waals surface area contributed by atoms with Crippen molar-refractivity contribution in [3.8, 4) is 11.5 Å². The van der Waals surface area contributed by atoms with Gasteiger partial charge in [-0.15, -0.1) is 10.2 Å². The number of hydrogen-bond acceptors (Lipinski definition) is 5. The molecule has 2 N–H and O–H groups in total. The summed E-state index contributed by atoms with van der Waals surface area (Å²) in [7, 11) is 0. The number of fused-ring (bicyclic) bond motifs is 1. The van der Waals surface area contributed by atoms with Crippen molar-refractivity contribution in [2.75, 3.05) is 5.32 Å². The number of hydrogen-bond donors (Lipinski definition) is 2. The Hall–Kier alpha value is -3.22. The van der Waals surface area contributed by atoms with Crippen molar-refractivity contribution in [2.24, 2.45) is 0 Å². The van der Waals surface area contributed by atoms with Crippen LogP contribution in [0, 0.1) is 0 Å². The molecule has 28 heavy (non-hydrogen) atoms. The molecular weight excluding hydrogens is 352 g/mol. The summed E-state index contributed by atoms with van der Waals surface area (Å²) in [6, 6.07) is 12.1. The van der Waals surface area contributed by atoms with Gasteiger partial charge in [0, 0.05) is 12.6 Å². The van der Waals surface area contributed by atoms with E-state index in [1.807, 2.05) is 42.7 Å². The van der Waals surface area contributed by atoms with Gasteiger partial charge in [0.25, 0.3) is 5.91 Å². The average molecular weight is 374 g/mol. The van der Waals surface area contributed by atoms with Crippen molar-refractivity contribution in [1.82, 2.24) is 25.1 Å². The molecule has 3 aromatic rings. The highest BCUT2D eigenvalue weighted by atomic mass is 16.1. The predicted molar refractivity (Wildman–Crippen MR) is 106 cm³/mol. The van der Waals surface area contributed by atoms with Crippen LogP contribution >= 0.6 is 0 Å². The Morgan fingerprint density at radius 3 is 2.82 bits per heavy atom. The summed E-state index contributed by atoms with van der Waals surface area (Å²) in [6.45, 7) is 0.571. The molecule has 0 saturated heterocycles. The molecule has 142 valence electrons. The monoisotopic (exact) mass is 374 g/mol. The maximum atomic E-state index is 12.2. The number of pyridine rings is 1. The summed E-state index contributed by atoms with van der Waals surface area (Å²) in [5, 5.41) is 14.7. The third kappa shape index (κ3) is 3.02. The third-order valence-corrected chi connectivity index (χ3v) is 5.60. The van der Waals surface area contributed by atoms with Crippen LogP contribution in [0.3, 0.4) is 0 Å². The Bertz CT molecular complexity index is 1020. The summed E-state index contributed by atoms with van der Waals surface area (Å²) < 4.78 is 2.17. The first-order valence-corrected chi connectivity index (χ1v) is 9.83. The van der Waals surface area contributed by atoms with E-state index in [-0.39, 0.29) is 5.91 Å². The average Bonchev–Trinajstić information content (AvgIpc) is 3.37. The summed E-state index contributed by atoms with van der Waals surface area (Å²) >= 11 is 0. The maximum Gasteiger partial charge on any atom is 0.254 e. The maximum absolute atomic E-state index is 12.2. The minimum absolute atomic E-state index is 0.0497. The van der Waals surface area contributed by atoms with Crippen LogP contribution in [0.4, 0.5) is 11.5 Å². The van der Waals surface area contributed by atoms with Gasteiger partial charge in [0.1, 0.15) is 17.8 Å². The molecule has 1 fully saturated rings. The molecule has 0 unspecified atom stereocenters. The van der Waals surface area contributed by atoms with E-state index in [9.17, 15) is 4.79 Å². The lowest BCUT2D eigenvalue weighted by Gasteiger charge is -2.23. The first-order chi connectivity index (χ1) is 13.8. The lowest BCUT2D eigenvalue weighted by atomic mass is 9.95. The quantitative estimate of drug-likeness (QED) is 0.725. The number of carbonyl (C=O) groups is 1. The van der Waals surface area contributed by atoms with Crippen LogP contribution in [0.5, 0.6) is 0 Å². The van der Waals surface area contributed by atoms with Gasteiger partial charge in [0.2, 0.25) is 0 Å². The van der Waals surface area contributed by atoms with Gasteiger partial charge in [-0.05, 0) is 36.6 Å². The van der Waals surface area contributed by atoms with E-state index in [4.69, 9.17) is 4.98 Å². The number of aromatic nitrogens is 4. The second-order valence-electron chi connectivity index (χ2n) is 7.41. The van der Waals surface area contributed by atoms with Gasteiger partial charge in [0.15, 0.2) is 5.82 Å². The molecule has 1 aliphatic carbocycles. The van der Waals surface area contributed by atoms with Gasteiger partial charge in [-0.2, -0.15) is 0 Å². The van der Waals surface area contributed by atoms with Crippen LogP contribution in [0.25, 0.3) is 11.5 Å². The van der Waals surface area contributed by atoms with Crippen LogP contribution in [0.2, 0.25) is 0 Å². The van der Waals surface area contributed by atoms with Crippen LogP contribution in [-0.2, 0) is 6.54 Å². The summed E-state index contributed by atoms with van der Waals surface area (Å²) in [4.78, 5) is 16.9. The number of nitrogens with one attached hydrogen (secondary N) is 2. The molecule has 3 heterocycles. The van der Waals surface area contributed by atoms with Crippen LogP contribution < -0.4 is 10.6 Å². The van der Waals surface area contributed by atoms with E-state index < -0.39 is 0 Å². The van der Waals surface area contributed by atoms with Crippen molar-refractivity contribution in [3.63, 3.8) is 0 Å². The van der Waals surface area contributed by atoms with Crippen LogP contribution in [0.15, 0.2) is 42.7 Å². The van der Waals surface area contributed by atoms with Gasteiger partial charge in [-0.3, -0.25) is 4.79 Å². The van der Waals surface area contributed by atoms with E-state index in [1.54, 1.807) is 0 Å². The van der Waals surface area contributed by atoms with Crippen molar-refractivity contribution in [1.29, 1.82) is 0 Å². The standard InChI is InChI=1S/C21H22N6O/c28-21-19-14(12-22-21)6-4-9-16(19)24-18-11-5-10-17(25-18)20-26-23-13-27(20)15-7-2-1-3-8-15/h4-6,9-11,13,15H,1-3,7-8,12H2,(H,22,28)(H,24,25). The van der Waals surface area contributed by atoms with E-state index in [0.29, 0.717) is 24.0 Å². The van der Waals surface area contributed by atoms with Crippen LogP contribution in [-0.4, -0.2) is 25.7 Å². The first-order valence-electron chi connectivity index (χ1n) is 9.83. The second kappa shape index (κ2) is 7.07. The zero-order valence-electron chi connectivity index (χ0n) is 15.6. The molecule has 2 aliphatic rings. The van der Waals surface area contributed by atoms with Crippen molar-refractivity contribution in [3.05, 3.63) is 53.9 Å². The normalized spacial score (nSPS) is 16.6. The first kappa shape index (κ1) is 16.9. The molecule has 1 amide bonds. The highest BCUT2D eigenvalue weighted by molar-refractivity contribution is 6.04. The number of nitrogens with zero attached hydrogens (tertiary/aromatic N) is 4. The molecule has 0 spiro atoms. The van der Waals surface area contributed by atoms with E-state index in [1.165, 1.54) is 19.3 Å². The minimum atomic E-state index is -0.0497. The number of carbonyl (C=O) groups excluding carboxylic acids is 1. The Labute approximate surface area is 163 Å². The molecular formula is C21H22N6O. The largest absolute Gasteiger partial charge is 0.348 e. The highest BCUT2D eigenvalue weighted by Gasteiger charge is 2.23. The second-order valence-corrected chi connectivity index (χ2v) is 7.41. The van der Waals surface area contributed by atoms with Crippen molar-refractivity contribution in [2.45, 2.75) is 44.7 Å². The summed E-state index contributed by atoms with van der Waals surface area (Å²) in [6.07, 6.45) is 7.95. The lowest BCUT2D eigenvalue weighted by molar-refractivity contribution is 0.0966. The molecule has 1 aromatic carbocycles. The Morgan fingerprint density at radius 2 is 1.93 bits per heavy atom. The van der Waals surface area contributed by atoms with Gasteiger partial charge < -0.3 is 15.2 Å². The summed E-state index contributed by atoms with van der Waals surface area (Å²) in [5.74, 6) is 1.43. The Balaban J connectivity index is 1.45.